The Morgan fingerprint density at radius 2 is 2.06 bits per heavy atom. The van der Waals surface area contributed by atoms with E-state index in [0.717, 1.165) is 19.8 Å². The minimum Gasteiger partial charge on any atom is -0.462 e. The molecular weight excluding hydrogens is 350 g/mol. The molecule has 17 heavy (non-hydrogen) atoms. The number of aromatic nitrogens is 1. The van der Waals surface area contributed by atoms with Crippen LogP contribution in [0.4, 0.5) is 0 Å². The van der Waals surface area contributed by atoms with Crippen molar-refractivity contribution in [1.82, 2.24) is 4.98 Å². The zero-order valence-corrected chi connectivity index (χ0v) is 12.2. The summed E-state index contributed by atoms with van der Waals surface area (Å²) in [5, 5.41) is 0.764. The fourth-order valence-corrected chi connectivity index (χ4v) is 2.53. The first-order valence-electron chi connectivity index (χ1n) is 5.05. The van der Waals surface area contributed by atoms with E-state index in [1.54, 1.807) is 31.3 Å². The van der Waals surface area contributed by atoms with Gasteiger partial charge in [0.15, 0.2) is 0 Å². The minimum atomic E-state index is -0.335. The van der Waals surface area contributed by atoms with Crippen LogP contribution in [-0.4, -0.2) is 17.6 Å². The molecule has 3 nitrogen and oxygen atoms in total. The van der Waals surface area contributed by atoms with Gasteiger partial charge in [-0.2, -0.15) is 0 Å². The lowest BCUT2D eigenvalue weighted by Crippen LogP contribution is -2.06. The first-order valence-corrected chi connectivity index (χ1v) is 6.63. The molecule has 0 atom stereocenters. The Morgan fingerprint density at radius 3 is 2.76 bits per heavy atom. The molecule has 1 aromatic heterocycles. The molecule has 0 aliphatic carbocycles. The summed E-state index contributed by atoms with van der Waals surface area (Å²) in [4.78, 5) is 16.1. The summed E-state index contributed by atoms with van der Waals surface area (Å²) in [7, 11) is 0. The van der Waals surface area contributed by atoms with E-state index in [1.165, 1.54) is 0 Å². The Kier molecular flexibility index (Phi) is 3.79. The van der Waals surface area contributed by atoms with Gasteiger partial charge in [-0.1, -0.05) is 15.9 Å². The van der Waals surface area contributed by atoms with Crippen LogP contribution >= 0.6 is 31.9 Å². The lowest BCUT2D eigenvalue weighted by Gasteiger charge is -2.08. The van der Waals surface area contributed by atoms with Gasteiger partial charge in [-0.05, 0) is 41.1 Å². The van der Waals surface area contributed by atoms with Gasteiger partial charge < -0.3 is 4.74 Å². The van der Waals surface area contributed by atoms with Gasteiger partial charge >= 0.3 is 5.97 Å². The number of nitrogens with zero attached hydrogens (tertiary/aromatic N) is 1. The average molecular weight is 359 g/mol. The number of carbonyl (C=O) groups is 1. The van der Waals surface area contributed by atoms with Crippen LogP contribution in [-0.2, 0) is 4.74 Å². The van der Waals surface area contributed by atoms with Crippen LogP contribution in [0.5, 0.6) is 0 Å². The molecule has 0 saturated carbocycles. The molecule has 0 saturated heterocycles. The van der Waals surface area contributed by atoms with Gasteiger partial charge in [0.05, 0.1) is 17.7 Å². The van der Waals surface area contributed by atoms with Crippen molar-refractivity contribution in [3.8, 4) is 0 Å². The number of fused-ring (bicyclic) bond motifs is 1. The van der Waals surface area contributed by atoms with Crippen LogP contribution < -0.4 is 0 Å². The number of halogens is 2. The number of esters is 1. The molecule has 0 N–H and O–H groups in total. The van der Waals surface area contributed by atoms with Crippen LogP contribution in [0.15, 0.2) is 33.3 Å². The zero-order chi connectivity index (χ0) is 12.4. The Balaban J connectivity index is 2.73. The highest BCUT2D eigenvalue weighted by molar-refractivity contribution is 9.11. The molecule has 1 heterocycles. The van der Waals surface area contributed by atoms with Gasteiger partial charge in [0, 0.05) is 20.5 Å². The maximum absolute atomic E-state index is 11.8. The van der Waals surface area contributed by atoms with Crippen molar-refractivity contribution >= 4 is 48.7 Å². The molecule has 0 aliphatic rings. The lowest BCUT2D eigenvalue weighted by molar-refractivity contribution is 0.0528. The van der Waals surface area contributed by atoms with Crippen LogP contribution in [0, 0.1) is 0 Å². The van der Waals surface area contributed by atoms with E-state index < -0.39 is 0 Å². The monoisotopic (exact) mass is 357 g/mol. The summed E-state index contributed by atoms with van der Waals surface area (Å²) in [6.45, 7) is 2.14. The molecule has 1 aromatic carbocycles. The second-order valence-electron chi connectivity index (χ2n) is 3.33. The van der Waals surface area contributed by atoms with Gasteiger partial charge in [-0.15, -0.1) is 0 Å². The number of hydrogen-bond acceptors (Lipinski definition) is 3. The smallest absolute Gasteiger partial charge is 0.338 e. The Morgan fingerprint density at radius 1 is 1.29 bits per heavy atom. The van der Waals surface area contributed by atoms with Crippen molar-refractivity contribution in [3.05, 3.63) is 38.9 Å². The molecule has 88 valence electrons. The van der Waals surface area contributed by atoms with Crippen molar-refractivity contribution in [2.45, 2.75) is 6.92 Å². The maximum atomic E-state index is 11.8. The molecule has 5 heteroatoms. The van der Waals surface area contributed by atoms with Crippen molar-refractivity contribution < 1.29 is 9.53 Å². The van der Waals surface area contributed by atoms with Gasteiger partial charge in [0.25, 0.3) is 0 Å². The molecule has 2 rings (SSSR count). The SMILES string of the molecule is CCOC(=O)c1ccc(Br)c2nccc(Br)c12. The highest BCUT2D eigenvalue weighted by atomic mass is 79.9. The number of ether oxygens (including phenoxy) is 1. The number of rotatable bonds is 2. The molecule has 0 bridgehead atoms. The fourth-order valence-electron chi connectivity index (χ4n) is 1.57. The maximum Gasteiger partial charge on any atom is 0.338 e. The Labute approximate surface area is 115 Å². The Hall–Kier alpha value is -0.940. The van der Waals surface area contributed by atoms with E-state index in [1.807, 2.05) is 0 Å². The molecule has 0 radical (unpaired) electrons. The predicted molar refractivity (Wildman–Crippen MR) is 73.1 cm³/mol. The Bertz CT molecular complexity index is 584. The lowest BCUT2D eigenvalue weighted by atomic mass is 10.1. The summed E-state index contributed by atoms with van der Waals surface area (Å²) in [5.74, 6) is -0.335. The number of benzene rings is 1. The quantitative estimate of drug-likeness (QED) is 0.763. The second kappa shape index (κ2) is 5.14. The highest BCUT2D eigenvalue weighted by Gasteiger charge is 2.15. The van der Waals surface area contributed by atoms with E-state index in [4.69, 9.17) is 4.74 Å². The second-order valence-corrected chi connectivity index (χ2v) is 5.04. The van der Waals surface area contributed by atoms with E-state index in [9.17, 15) is 4.79 Å². The van der Waals surface area contributed by atoms with Crippen LogP contribution in [0.1, 0.15) is 17.3 Å². The fraction of sp³-hybridized carbons (Fsp3) is 0.167. The first kappa shape index (κ1) is 12.5. The van der Waals surface area contributed by atoms with Crippen molar-refractivity contribution in [1.29, 1.82) is 0 Å². The van der Waals surface area contributed by atoms with E-state index in [0.29, 0.717) is 12.2 Å². The van der Waals surface area contributed by atoms with Gasteiger partial charge in [-0.25, -0.2) is 4.79 Å². The summed E-state index contributed by atoms with van der Waals surface area (Å²) in [6, 6.07) is 5.34. The minimum absolute atomic E-state index is 0.335. The van der Waals surface area contributed by atoms with Crippen LogP contribution in [0.2, 0.25) is 0 Å². The summed E-state index contributed by atoms with van der Waals surface area (Å²) >= 11 is 6.85. The van der Waals surface area contributed by atoms with Crippen molar-refractivity contribution in [2.75, 3.05) is 6.61 Å². The third kappa shape index (κ3) is 2.35. The zero-order valence-electron chi connectivity index (χ0n) is 9.04. The molecule has 2 aromatic rings. The molecule has 0 aliphatic heterocycles. The van der Waals surface area contributed by atoms with E-state index in [-0.39, 0.29) is 5.97 Å². The summed E-state index contributed by atoms with van der Waals surface area (Å²) in [5.41, 5.74) is 1.26. The molecule has 0 spiro atoms. The number of pyridine rings is 1. The highest BCUT2D eigenvalue weighted by Crippen LogP contribution is 2.31. The van der Waals surface area contributed by atoms with Crippen LogP contribution in [0.25, 0.3) is 10.9 Å². The topological polar surface area (TPSA) is 39.2 Å². The first-order chi connectivity index (χ1) is 8.15. The largest absolute Gasteiger partial charge is 0.462 e. The van der Waals surface area contributed by atoms with E-state index in [2.05, 4.69) is 36.8 Å². The van der Waals surface area contributed by atoms with Crippen molar-refractivity contribution in [2.24, 2.45) is 0 Å². The summed E-state index contributed by atoms with van der Waals surface area (Å²) < 4.78 is 6.70. The molecule has 0 unspecified atom stereocenters. The molecule has 0 amide bonds. The summed E-state index contributed by atoms with van der Waals surface area (Å²) in [6.07, 6.45) is 1.69. The third-order valence-electron chi connectivity index (χ3n) is 2.29. The average Bonchev–Trinajstić information content (AvgIpc) is 2.31. The van der Waals surface area contributed by atoms with Gasteiger partial charge in [0.1, 0.15) is 0 Å². The van der Waals surface area contributed by atoms with E-state index >= 15 is 0 Å². The molecule has 0 fully saturated rings. The van der Waals surface area contributed by atoms with Crippen molar-refractivity contribution in [3.63, 3.8) is 0 Å². The van der Waals surface area contributed by atoms with Gasteiger partial charge in [-0.3, -0.25) is 4.98 Å². The predicted octanol–water partition coefficient (Wildman–Crippen LogP) is 3.94. The number of hydrogen-bond donors (Lipinski definition) is 0. The standard InChI is InChI=1S/C12H9Br2NO2/c1-2-17-12(16)7-3-4-9(14)11-10(7)8(13)5-6-15-11/h3-6H,2H2,1H3. The number of carbonyl (C=O) groups excluding carboxylic acids is 1. The normalized spacial score (nSPS) is 10.5. The van der Waals surface area contributed by atoms with Gasteiger partial charge in [0.2, 0.25) is 0 Å². The van der Waals surface area contributed by atoms with Crippen LogP contribution in [0.3, 0.4) is 0 Å². The third-order valence-corrected chi connectivity index (χ3v) is 3.59. The molecular formula is C12H9Br2NO2.